The van der Waals surface area contributed by atoms with Crippen molar-refractivity contribution >= 4 is 23.5 Å². The zero-order valence-electron chi connectivity index (χ0n) is 16.1. The molecule has 1 aliphatic heterocycles. The number of anilines is 1. The van der Waals surface area contributed by atoms with E-state index < -0.39 is 11.9 Å². The minimum atomic E-state index is -0.465. The Bertz CT molecular complexity index is 725. The second-order valence-corrected chi connectivity index (χ2v) is 7.64. The quantitative estimate of drug-likeness (QED) is 0.806. The van der Waals surface area contributed by atoms with Gasteiger partial charge in [-0.2, -0.15) is 0 Å². The van der Waals surface area contributed by atoms with Crippen LogP contribution in [0.15, 0.2) is 18.2 Å². The summed E-state index contributed by atoms with van der Waals surface area (Å²) in [4.78, 5) is 38.5. The van der Waals surface area contributed by atoms with E-state index in [-0.39, 0.29) is 30.9 Å². The Morgan fingerprint density at radius 2 is 1.93 bits per heavy atom. The number of hydrogen-bond donors (Lipinski definition) is 1. The monoisotopic (exact) mass is 372 g/mol. The first-order chi connectivity index (χ1) is 13.0. The fourth-order valence-electron chi connectivity index (χ4n) is 3.96. The number of hydrogen-bond acceptors (Lipinski definition) is 4. The maximum Gasteiger partial charge on any atom is 0.311 e. The van der Waals surface area contributed by atoms with E-state index in [1.54, 1.807) is 0 Å². The third-order valence-electron chi connectivity index (χ3n) is 5.73. The Balaban J connectivity index is 1.48. The summed E-state index contributed by atoms with van der Waals surface area (Å²) in [6.07, 6.45) is 5.73. The molecule has 0 spiro atoms. The van der Waals surface area contributed by atoms with Crippen molar-refractivity contribution in [2.45, 2.75) is 58.4 Å². The summed E-state index contributed by atoms with van der Waals surface area (Å²) in [5.41, 5.74) is 2.79. The smallest absolute Gasteiger partial charge is 0.311 e. The molecule has 27 heavy (non-hydrogen) atoms. The molecule has 2 amide bonds. The van der Waals surface area contributed by atoms with Gasteiger partial charge >= 0.3 is 5.97 Å². The number of rotatable bonds is 5. The van der Waals surface area contributed by atoms with E-state index in [9.17, 15) is 14.4 Å². The van der Waals surface area contributed by atoms with Gasteiger partial charge in [-0.25, -0.2) is 0 Å². The highest BCUT2D eigenvalue weighted by atomic mass is 16.5. The average molecular weight is 372 g/mol. The van der Waals surface area contributed by atoms with E-state index in [2.05, 4.69) is 5.32 Å². The molecular formula is C21H28N2O4. The number of esters is 1. The van der Waals surface area contributed by atoms with Crippen molar-refractivity contribution < 1.29 is 19.1 Å². The summed E-state index contributed by atoms with van der Waals surface area (Å²) in [5.74, 6) is -1.26. The molecule has 146 valence electrons. The van der Waals surface area contributed by atoms with Crippen LogP contribution in [0, 0.1) is 19.8 Å². The van der Waals surface area contributed by atoms with Crippen molar-refractivity contribution in [2.75, 3.05) is 18.5 Å². The van der Waals surface area contributed by atoms with E-state index in [1.165, 1.54) is 6.42 Å². The van der Waals surface area contributed by atoms with E-state index in [4.69, 9.17) is 4.74 Å². The van der Waals surface area contributed by atoms with Crippen LogP contribution in [-0.2, 0) is 19.1 Å². The molecule has 2 fully saturated rings. The highest BCUT2D eigenvalue weighted by Gasteiger charge is 2.39. The molecule has 1 aliphatic carbocycles. The molecule has 6 heteroatoms. The molecule has 1 saturated heterocycles. The van der Waals surface area contributed by atoms with Crippen molar-refractivity contribution in [1.82, 2.24) is 4.90 Å². The summed E-state index contributed by atoms with van der Waals surface area (Å²) in [5, 5.41) is 2.77. The summed E-state index contributed by atoms with van der Waals surface area (Å²) in [6.45, 7) is 3.99. The molecule has 6 nitrogen and oxygen atoms in total. The van der Waals surface area contributed by atoms with Crippen LogP contribution in [0.25, 0.3) is 0 Å². The fraction of sp³-hybridized carbons (Fsp3) is 0.571. The first-order valence-corrected chi connectivity index (χ1v) is 9.78. The minimum Gasteiger partial charge on any atom is -0.455 e. The largest absolute Gasteiger partial charge is 0.455 e. The number of aryl methyl sites for hydroxylation is 1. The van der Waals surface area contributed by atoms with Crippen molar-refractivity contribution in [3.63, 3.8) is 0 Å². The van der Waals surface area contributed by atoms with Crippen LogP contribution in [-0.4, -0.2) is 41.9 Å². The van der Waals surface area contributed by atoms with Crippen LogP contribution in [0.1, 0.15) is 49.7 Å². The van der Waals surface area contributed by atoms with Gasteiger partial charge in [0.25, 0.3) is 5.91 Å². The molecule has 1 N–H and O–H groups in total. The van der Waals surface area contributed by atoms with Gasteiger partial charge in [-0.15, -0.1) is 0 Å². The third-order valence-corrected chi connectivity index (χ3v) is 5.73. The van der Waals surface area contributed by atoms with E-state index in [1.807, 2.05) is 36.9 Å². The predicted octanol–water partition coefficient (Wildman–Crippen LogP) is 2.97. The van der Waals surface area contributed by atoms with Gasteiger partial charge in [0, 0.05) is 24.7 Å². The Morgan fingerprint density at radius 1 is 1.19 bits per heavy atom. The topological polar surface area (TPSA) is 75.7 Å². The number of ether oxygens (including phenoxy) is 1. The molecular weight excluding hydrogens is 344 g/mol. The summed E-state index contributed by atoms with van der Waals surface area (Å²) >= 11 is 0. The lowest BCUT2D eigenvalue weighted by Gasteiger charge is -2.31. The van der Waals surface area contributed by atoms with Gasteiger partial charge in [-0.3, -0.25) is 14.4 Å². The van der Waals surface area contributed by atoms with E-state index in [0.717, 1.165) is 42.5 Å². The molecule has 1 aromatic rings. The predicted molar refractivity (Wildman–Crippen MR) is 102 cm³/mol. The second-order valence-electron chi connectivity index (χ2n) is 7.64. The van der Waals surface area contributed by atoms with Crippen molar-refractivity contribution in [3.05, 3.63) is 29.3 Å². The fourth-order valence-corrected chi connectivity index (χ4v) is 3.96. The minimum absolute atomic E-state index is 0.0312. The van der Waals surface area contributed by atoms with Crippen LogP contribution in [0.4, 0.5) is 5.69 Å². The number of benzene rings is 1. The van der Waals surface area contributed by atoms with Gasteiger partial charge in [0.1, 0.15) is 0 Å². The first-order valence-electron chi connectivity index (χ1n) is 9.78. The Labute approximate surface area is 160 Å². The number of likely N-dealkylation sites (tertiary alicyclic amines) is 1. The third kappa shape index (κ3) is 4.67. The standard InChI is InChI=1S/C21H28N2O4/c1-14-7-6-10-18(15(14)2)22-19(24)13-27-21(26)16-11-20(25)23(12-16)17-8-4-3-5-9-17/h6-7,10,16-17H,3-5,8-9,11-13H2,1-2H3,(H,22,24)/t16-/m0/s1. The van der Waals surface area contributed by atoms with Gasteiger partial charge in [-0.05, 0) is 43.9 Å². The molecule has 3 rings (SSSR count). The lowest BCUT2D eigenvalue weighted by atomic mass is 9.94. The van der Waals surface area contributed by atoms with Gasteiger partial charge < -0.3 is 15.0 Å². The Morgan fingerprint density at radius 3 is 2.67 bits per heavy atom. The maximum atomic E-state index is 12.3. The first kappa shape index (κ1) is 19.4. The van der Waals surface area contributed by atoms with Crippen LogP contribution in [0.2, 0.25) is 0 Å². The molecule has 1 saturated carbocycles. The molecule has 0 radical (unpaired) electrons. The average Bonchev–Trinajstić information content (AvgIpc) is 3.06. The molecule has 0 unspecified atom stereocenters. The summed E-state index contributed by atoms with van der Waals surface area (Å²) in [6, 6.07) is 5.92. The van der Waals surface area contributed by atoms with Gasteiger partial charge in [0.05, 0.1) is 5.92 Å². The maximum absolute atomic E-state index is 12.3. The highest BCUT2D eigenvalue weighted by molar-refractivity contribution is 5.94. The van der Waals surface area contributed by atoms with Crippen LogP contribution >= 0.6 is 0 Å². The van der Waals surface area contributed by atoms with Crippen LogP contribution in [0.3, 0.4) is 0 Å². The van der Waals surface area contributed by atoms with Crippen LogP contribution < -0.4 is 5.32 Å². The molecule has 0 bridgehead atoms. The highest BCUT2D eigenvalue weighted by Crippen LogP contribution is 2.29. The lowest BCUT2D eigenvalue weighted by molar-refractivity contribution is -0.151. The summed E-state index contributed by atoms with van der Waals surface area (Å²) < 4.78 is 5.18. The molecule has 1 heterocycles. The van der Waals surface area contributed by atoms with Crippen LogP contribution in [0.5, 0.6) is 0 Å². The molecule has 0 aromatic heterocycles. The van der Waals surface area contributed by atoms with E-state index in [0.29, 0.717) is 6.54 Å². The van der Waals surface area contributed by atoms with Crippen molar-refractivity contribution in [1.29, 1.82) is 0 Å². The second kappa shape index (κ2) is 8.55. The number of carbonyl (C=O) groups is 3. The summed E-state index contributed by atoms with van der Waals surface area (Å²) in [7, 11) is 0. The van der Waals surface area contributed by atoms with Crippen molar-refractivity contribution in [2.24, 2.45) is 5.92 Å². The van der Waals surface area contributed by atoms with Gasteiger partial charge in [0.15, 0.2) is 6.61 Å². The lowest BCUT2D eigenvalue weighted by Crippen LogP contribution is -2.38. The number of nitrogens with one attached hydrogen (secondary N) is 1. The number of carbonyl (C=O) groups excluding carboxylic acids is 3. The van der Waals surface area contributed by atoms with Gasteiger partial charge in [0.2, 0.25) is 5.91 Å². The molecule has 1 aromatic carbocycles. The molecule has 1 atom stereocenters. The molecule has 2 aliphatic rings. The Hall–Kier alpha value is -2.37. The van der Waals surface area contributed by atoms with E-state index >= 15 is 0 Å². The number of nitrogens with zero attached hydrogens (tertiary/aromatic N) is 1. The zero-order valence-corrected chi connectivity index (χ0v) is 16.1. The SMILES string of the molecule is Cc1cccc(NC(=O)COC(=O)[C@H]2CC(=O)N(C3CCCCC3)C2)c1C. The van der Waals surface area contributed by atoms with Crippen molar-refractivity contribution in [3.8, 4) is 0 Å². The zero-order chi connectivity index (χ0) is 19.4. The Kier molecular flexibility index (Phi) is 6.14. The normalized spacial score (nSPS) is 20.6. The number of amides is 2. The van der Waals surface area contributed by atoms with Gasteiger partial charge in [-0.1, -0.05) is 31.4 Å².